The first kappa shape index (κ1) is 12.4. The number of anilines is 1. The summed E-state index contributed by atoms with van der Waals surface area (Å²) in [4.78, 5) is 11.7. The Balaban J connectivity index is 2.77. The predicted octanol–water partition coefficient (Wildman–Crippen LogP) is 2.32. The molecule has 0 heterocycles. The molecule has 4 nitrogen and oxygen atoms in total. The molecule has 0 radical (unpaired) electrons. The number of para-hydroxylation sites is 1. The molecule has 1 unspecified atom stereocenters. The smallest absolute Gasteiger partial charge is 0.342 e. The number of hydrogen-bond donors (Lipinski definition) is 2. The van der Waals surface area contributed by atoms with Gasteiger partial charge in [-0.25, -0.2) is 4.79 Å². The molecule has 0 aliphatic heterocycles. The number of nitrogens with two attached hydrogens (primary N) is 1. The lowest BCUT2D eigenvalue weighted by atomic mass is 10.1. The van der Waals surface area contributed by atoms with Crippen LogP contribution in [0, 0.1) is 0 Å². The van der Waals surface area contributed by atoms with Gasteiger partial charge in [0.25, 0.3) is 0 Å². The molecule has 16 heavy (non-hydrogen) atoms. The van der Waals surface area contributed by atoms with Gasteiger partial charge in [0.1, 0.15) is 5.56 Å². The highest BCUT2D eigenvalue weighted by molar-refractivity contribution is 5.94. The summed E-state index contributed by atoms with van der Waals surface area (Å²) in [5.74, 6) is -0.748. The zero-order valence-electron chi connectivity index (χ0n) is 9.56. The number of ether oxygens (including phenoxy) is 1. The highest BCUT2D eigenvalue weighted by Gasteiger charge is 2.16. The third-order valence-electron chi connectivity index (χ3n) is 2.29. The standard InChI is InChI=1S/C12H17NO3/c1-3-5-8(2)16-12(15)9-6-4-7-10(13)11(9)14/h4,6-8,14H,3,5,13H2,1-2H3. The Morgan fingerprint density at radius 3 is 2.88 bits per heavy atom. The second kappa shape index (κ2) is 5.39. The van der Waals surface area contributed by atoms with Crippen molar-refractivity contribution in [3.05, 3.63) is 23.8 Å². The lowest BCUT2D eigenvalue weighted by molar-refractivity contribution is 0.0320. The van der Waals surface area contributed by atoms with Crippen molar-refractivity contribution in [3.8, 4) is 5.75 Å². The quantitative estimate of drug-likeness (QED) is 0.466. The van der Waals surface area contributed by atoms with E-state index in [4.69, 9.17) is 10.5 Å². The molecule has 0 fully saturated rings. The summed E-state index contributed by atoms with van der Waals surface area (Å²) in [6.07, 6.45) is 1.59. The van der Waals surface area contributed by atoms with E-state index < -0.39 is 5.97 Å². The van der Waals surface area contributed by atoms with Crippen molar-refractivity contribution in [1.29, 1.82) is 0 Å². The van der Waals surface area contributed by atoms with E-state index >= 15 is 0 Å². The Morgan fingerprint density at radius 2 is 2.25 bits per heavy atom. The minimum atomic E-state index is -0.536. The molecule has 3 N–H and O–H groups in total. The van der Waals surface area contributed by atoms with Crippen LogP contribution in [0.5, 0.6) is 5.75 Å². The highest BCUT2D eigenvalue weighted by Crippen LogP contribution is 2.25. The Kier molecular flexibility index (Phi) is 4.17. The van der Waals surface area contributed by atoms with Crippen LogP contribution >= 0.6 is 0 Å². The Hall–Kier alpha value is -1.71. The van der Waals surface area contributed by atoms with Crippen molar-refractivity contribution in [3.63, 3.8) is 0 Å². The summed E-state index contributed by atoms with van der Waals surface area (Å²) < 4.78 is 5.16. The summed E-state index contributed by atoms with van der Waals surface area (Å²) in [7, 11) is 0. The van der Waals surface area contributed by atoms with Gasteiger partial charge >= 0.3 is 5.97 Å². The Morgan fingerprint density at radius 1 is 1.56 bits per heavy atom. The fraction of sp³-hybridized carbons (Fsp3) is 0.417. The monoisotopic (exact) mass is 223 g/mol. The zero-order valence-corrected chi connectivity index (χ0v) is 9.56. The fourth-order valence-electron chi connectivity index (χ4n) is 1.44. The molecule has 0 aliphatic carbocycles. The van der Waals surface area contributed by atoms with Crippen LogP contribution < -0.4 is 5.73 Å². The van der Waals surface area contributed by atoms with Gasteiger partial charge in [0.05, 0.1) is 11.8 Å². The lowest BCUT2D eigenvalue weighted by Crippen LogP contribution is -2.15. The summed E-state index contributed by atoms with van der Waals surface area (Å²) in [6.45, 7) is 3.84. The number of nitrogen functional groups attached to an aromatic ring is 1. The number of phenols is 1. The van der Waals surface area contributed by atoms with E-state index in [0.717, 1.165) is 12.8 Å². The SMILES string of the molecule is CCCC(C)OC(=O)c1cccc(N)c1O. The van der Waals surface area contributed by atoms with Crippen LogP contribution in [0.1, 0.15) is 37.0 Å². The van der Waals surface area contributed by atoms with Gasteiger partial charge < -0.3 is 15.6 Å². The Labute approximate surface area is 95.0 Å². The second-order valence-corrected chi connectivity index (χ2v) is 3.75. The number of esters is 1. The van der Waals surface area contributed by atoms with E-state index in [1.54, 1.807) is 6.07 Å². The molecule has 88 valence electrons. The van der Waals surface area contributed by atoms with Crippen LogP contribution in [0.4, 0.5) is 5.69 Å². The maximum Gasteiger partial charge on any atom is 0.342 e. The van der Waals surface area contributed by atoms with Gasteiger partial charge in [0, 0.05) is 0 Å². The van der Waals surface area contributed by atoms with E-state index in [9.17, 15) is 9.90 Å². The van der Waals surface area contributed by atoms with Gasteiger partial charge in [-0.1, -0.05) is 19.4 Å². The summed E-state index contributed by atoms with van der Waals surface area (Å²) in [5.41, 5.74) is 5.78. The first-order chi connectivity index (χ1) is 7.56. The van der Waals surface area contributed by atoms with Crippen LogP contribution in [0.15, 0.2) is 18.2 Å². The molecule has 0 aromatic heterocycles. The minimum Gasteiger partial charge on any atom is -0.505 e. The van der Waals surface area contributed by atoms with E-state index in [1.165, 1.54) is 12.1 Å². The zero-order chi connectivity index (χ0) is 12.1. The molecule has 1 rings (SSSR count). The van der Waals surface area contributed by atoms with E-state index in [2.05, 4.69) is 0 Å². The molecule has 0 aliphatic rings. The average molecular weight is 223 g/mol. The van der Waals surface area contributed by atoms with Crippen LogP contribution in [-0.4, -0.2) is 17.2 Å². The third kappa shape index (κ3) is 2.89. The van der Waals surface area contributed by atoms with Gasteiger partial charge in [-0.05, 0) is 25.5 Å². The van der Waals surface area contributed by atoms with Crippen LogP contribution in [0.3, 0.4) is 0 Å². The van der Waals surface area contributed by atoms with Crippen molar-refractivity contribution >= 4 is 11.7 Å². The first-order valence-electron chi connectivity index (χ1n) is 5.34. The van der Waals surface area contributed by atoms with Gasteiger partial charge in [-0.2, -0.15) is 0 Å². The van der Waals surface area contributed by atoms with Gasteiger partial charge in [-0.3, -0.25) is 0 Å². The molecule has 0 amide bonds. The first-order valence-corrected chi connectivity index (χ1v) is 5.34. The van der Waals surface area contributed by atoms with E-state index in [-0.39, 0.29) is 23.1 Å². The van der Waals surface area contributed by atoms with Crippen molar-refractivity contribution in [1.82, 2.24) is 0 Å². The van der Waals surface area contributed by atoms with Crippen LogP contribution in [-0.2, 0) is 4.74 Å². The minimum absolute atomic E-state index is 0.114. The van der Waals surface area contributed by atoms with Gasteiger partial charge in [-0.15, -0.1) is 0 Å². The molecular formula is C12H17NO3. The summed E-state index contributed by atoms with van der Waals surface area (Å²) in [6, 6.07) is 4.63. The molecular weight excluding hydrogens is 206 g/mol. The molecule has 1 aromatic carbocycles. The van der Waals surface area contributed by atoms with E-state index in [0.29, 0.717) is 0 Å². The average Bonchev–Trinajstić information content (AvgIpc) is 2.22. The van der Waals surface area contributed by atoms with Gasteiger partial charge in [0.2, 0.25) is 0 Å². The molecule has 4 heteroatoms. The largest absolute Gasteiger partial charge is 0.505 e. The van der Waals surface area contributed by atoms with Crippen molar-refractivity contribution in [2.24, 2.45) is 0 Å². The van der Waals surface area contributed by atoms with Crippen LogP contribution in [0.2, 0.25) is 0 Å². The molecule has 0 spiro atoms. The maximum atomic E-state index is 11.7. The molecule has 1 atom stereocenters. The molecule has 0 saturated carbocycles. The van der Waals surface area contributed by atoms with Crippen molar-refractivity contribution < 1.29 is 14.6 Å². The number of phenolic OH excluding ortho intramolecular Hbond substituents is 1. The Bertz CT molecular complexity index is 377. The van der Waals surface area contributed by atoms with Crippen molar-refractivity contribution in [2.45, 2.75) is 32.8 Å². The second-order valence-electron chi connectivity index (χ2n) is 3.75. The van der Waals surface area contributed by atoms with E-state index in [1.807, 2.05) is 13.8 Å². The molecule has 0 saturated heterocycles. The lowest BCUT2D eigenvalue weighted by Gasteiger charge is -2.13. The summed E-state index contributed by atoms with van der Waals surface area (Å²) >= 11 is 0. The third-order valence-corrected chi connectivity index (χ3v) is 2.29. The number of aromatic hydroxyl groups is 1. The predicted molar refractivity (Wildman–Crippen MR) is 62.3 cm³/mol. The van der Waals surface area contributed by atoms with Crippen LogP contribution in [0.25, 0.3) is 0 Å². The maximum absolute atomic E-state index is 11.7. The number of rotatable bonds is 4. The topological polar surface area (TPSA) is 72.5 Å². The van der Waals surface area contributed by atoms with Gasteiger partial charge in [0.15, 0.2) is 5.75 Å². The number of hydrogen-bond acceptors (Lipinski definition) is 4. The summed E-state index contributed by atoms with van der Waals surface area (Å²) in [5, 5.41) is 9.58. The molecule has 1 aromatic rings. The number of carbonyl (C=O) groups is 1. The normalized spacial score (nSPS) is 12.1. The number of carbonyl (C=O) groups excluding carboxylic acids is 1. The van der Waals surface area contributed by atoms with Crippen molar-refractivity contribution in [2.75, 3.05) is 5.73 Å². The fourth-order valence-corrected chi connectivity index (χ4v) is 1.44. The number of benzene rings is 1. The molecule has 0 bridgehead atoms. The highest BCUT2D eigenvalue weighted by atomic mass is 16.5.